The van der Waals surface area contributed by atoms with E-state index in [9.17, 15) is 5.11 Å². The average molecular weight is 230 g/mol. The smallest absolute Gasteiger partial charge is 0.0823 e. The highest BCUT2D eigenvalue weighted by Crippen LogP contribution is 2.60. The molecule has 0 bridgehead atoms. The molecule has 92 valence electrons. The van der Waals surface area contributed by atoms with E-state index >= 15 is 0 Å². The Kier molecular flexibility index (Phi) is 2.96. The molecule has 0 heterocycles. The fourth-order valence-electron chi connectivity index (χ4n) is 3.74. The molecule has 0 spiro atoms. The summed E-state index contributed by atoms with van der Waals surface area (Å²) in [6, 6.07) is 8.52. The third-order valence-electron chi connectivity index (χ3n) is 4.79. The molecule has 0 amide bonds. The van der Waals surface area contributed by atoms with E-state index in [1.165, 1.54) is 31.2 Å². The Morgan fingerprint density at radius 1 is 1.24 bits per heavy atom. The van der Waals surface area contributed by atoms with E-state index in [1.807, 2.05) is 0 Å². The summed E-state index contributed by atoms with van der Waals surface area (Å²) in [5.74, 6) is 2.21. The first-order valence-corrected chi connectivity index (χ1v) is 7.08. The van der Waals surface area contributed by atoms with Crippen LogP contribution in [0.5, 0.6) is 0 Å². The van der Waals surface area contributed by atoms with Crippen molar-refractivity contribution in [3.8, 4) is 0 Å². The van der Waals surface area contributed by atoms with Gasteiger partial charge in [-0.15, -0.1) is 0 Å². The molecule has 3 rings (SSSR count). The maximum absolute atomic E-state index is 10.5. The van der Waals surface area contributed by atoms with Gasteiger partial charge in [0.1, 0.15) is 0 Å². The van der Waals surface area contributed by atoms with Crippen LogP contribution in [-0.4, -0.2) is 5.11 Å². The van der Waals surface area contributed by atoms with E-state index in [-0.39, 0.29) is 6.10 Å². The molecule has 1 aromatic rings. The number of aryl methyl sites for hydroxylation is 1. The summed E-state index contributed by atoms with van der Waals surface area (Å²) in [7, 11) is 0. The molecule has 0 aromatic heterocycles. The second kappa shape index (κ2) is 4.45. The summed E-state index contributed by atoms with van der Waals surface area (Å²) in [5, 5.41) is 10.5. The minimum atomic E-state index is -0.213. The van der Waals surface area contributed by atoms with Crippen molar-refractivity contribution in [1.29, 1.82) is 0 Å². The lowest BCUT2D eigenvalue weighted by molar-refractivity contribution is 0.142. The van der Waals surface area contributed by atoms with Crippen LogP contribution in [0.4, 0.5) is 0 Å². The number of aliphatic hydroxyl groups excluding tert-OH is 1. The number of aliphatic hydroxyl groups is 1. The molecule has 1 nitrogen and oxygen atoms in total. The van der Waals surface area contributed by atoms with Gasteiger partial charge in [-0.25, -0.2) is 0 Å². The lowest BCUT2D eigenvalue weighted by atomic mass is 10.00. The van der Waals surface area contributed by atoms with Crippen molar-refractivity contribution in [2.45, 2.75) is 45.1 Å². The van der Waals surface area contributed by atoms with Gasteiger partial charge in [0.25, 0.3) is 0 Å². The second-order valence-electron chi connectivity index (χ2n) is 5.73. The van der Waals surface area contributed by atoms with Gasteiger partial charge in [-0.05, 0) is 48.1 Å². The number of fused-ring (bicyclic) bond motifs is 1. The molecule has 0 saturated heterocycles. The predicted molar refractivity (Wildman–Crippen MR) is 69.7 cm³/mol. The third kappa shape index (κ3) is 2.01. The zero-order valence-corrected chi connectivity index (χ0v) is 10.6. The van der Waals surface area contributed by atoms with Crippen molar-refractivity contribution in [3.05, 3.63) is 35.4 Å². The Balaban J connectivity index is 1.75. The molecular formula is C16H22O. The van der Waals surface area contributed by atoms with Gasteiger partial charge in [0.15, 0.2) is 0 Å². The molecule has 0 radical (unpaired) electrons. The number of hydrogen-bond acceptors (Lipinski definition) is 1. The molecule has 1 N–H and O–H groups in total. The normalized spacial score (nSPS) is 32.9. The highest BCUT2D eigenvalue weighted by Gasteiger charge is 2.54. The van der Waals surface area contributed by atoms with Crippen LogP contribution >= 0.6 is 0 Å². The summed E-state index contributed by atoms with van der Waals surface area (Å²) in [6.45, 7) is 2.17. The first kappa shape index (κ1) is 11.3. The lowest BCUT2D eigenvalue weighted by Gasteiger charge is -2.12. The van der Waals surface area contributed by atoms with Crippen molar-refractivity contribution >= 4 is 0 Å². The quantitative estimate of drug-likeness (QED) is 0.839. The summed E-state index contributed by atoms with van der Waals surface area (Å²) in [6.07, 6.45) is 6.28. The molecule has 0 aliphatic heterocycles. The van der Waals surface area contributed by atoms with Crippen molar-refractivity contribution in [2.24, 2.45) is 17.8 Å². The van der Waals surface area contributed by atoms with Crippen LogP contribution in [0.1, 0.15) is 49.8 Å². The molecular weight excluding hydrogens is 208 g/mol. The van der Waals surface area contributed by atoms with Gasteiger partial charge in [-0.2, -0.15) is 0 Å². The summed E-state index contributed by atoms with van der Waals surface area (Å²) >= 11 is 0. The third-order valence-corrected chi connectivity index (χ3v) is 4.79. The molecule has 3 unspecified atom stereocenters. The molecule has 2 aliphatic rings. The predicted octanol–water partition coefficient (Wildman–Crippen LogP) is 3.72. The molecule has 2 saturated carbocycles. The lowest BCUT2D eigenvalue weighted by Crippen LogP contribution is -2.02. The average Bonchev–Trinajstić information content (AvgIpc) is 3.12. The van der Waals surface area contributed by atoms with Crippen LogP contribution in [0, 0.1) is 17.8 Å². The second-order valence-corrected chi connectivity index (χ2v) is 5.73. The Morgan fingerprint density at radius 2 is 1.94 bits per heavy atom. The van der Waals surface area contributed by atoms with E-state index in [0.717, 1.165) is 23.8 Å². The van der Waals surface area contributed by atoms with E-state index in [1.54, 1.807) is 0 Å². The van der Waals surface area contributed by atoms with Crippen molar-refractivity contribution in [1.82, 2.24) is 0 Å². The molecule has 1 aromatic carbocycles. The Morgan fingerprint density at radius 3 is 2.59 bits per heavy atom. The van der Waals surface area contributed by atoms with Gasteiger partial charge in [-0.1, -0.05) is 44.0 Å². The highest BCUT2D eigenvalue weighted by molar-refractivity contribution is 5.27. The summed E-state index contributed by atoms with van der Waals surface area (Å²) in [4.78, 5) is 0. The van der Waals surface area contributed by atoms with Crippen LogP contribution in [0.15, 0.2) is 24.3 Å². The minimum absolute atomic E-state index is 0.213. The van der Waals surface area contributed by atoms with E-state index < -0.39 is 0 Å². The fourth-order valence-corrected chi connectivity index (χ4v) is 3.74. The Labute approximate surface area is 104 Å². The maximum atomic E-state index is 10.5. The summed E-state index contributed by atoms with van der Waals surface area (Å²) < 4.78 is 0. The molecule has 2 aliphatic carbocycles. The van der Waals surface area contributed by atoms with Crippen molar-refractivity contribution in [3.63, 3.8) is 0 Å². The number of rotatable bonds is 3. The van der Waals surface area contributed by atoms with Gasteiger partial charge in [0, 0.05) is 0 Å². The van der Waals surface area contributed by atoms with Gasteiger partial charge in [0.2, 0.25) is 0 Å². The topological polar surface area (TPSA) is 20.2 Å². The van der Waals surface area contributed by atoms with Crippen LogP contribution in [0.2, 0.25) is 0 Å². The Hall–Kier alpha value is -0.820. The monoisotopic (exact) mass is 230 g/mol. The number of benzene rings is 1. The first-order valence-electron chi connectivity index (χ1n) is 7.08. The van der Waals surface area contributed by atoms with Crippen molar-refractivity contribution in [2.75, 3.05) is 0 Å². The zero-order valence-electron chi connectivity index (χ0n) is 10.6. The van der Waals surface area contributed by atoms with Crippen molar-refractivity contribution < 1.29 is 5.11 Å². The number of hydrogen-bond donors (Lipinski definition) is 1. The molecule has 2 fully saturated rings. The molecule has 17 heavy (non-hydrogen) atoms. The highest BCUT2D eigenvalue weighted by atomic mass is 16.3. The van der Waals surface area contributed by atoms with E-state index in [0.29, 0.717) is 5.92 Å². The van der Waals surface area contributed by atoms with Gasteiger partial charge in [-0.3, -0.25) is 0 Å². The van der Waals surface area contributed by atoms with Crippen LogP contribution in [-0.2, 0) is 6.42 Å². The Bertz CT molecular complexity index is 386. The molecule has 1 heteroatoms. The largest absolute Gasteiger partial charge is 0.388 e. The van der Waals surface area contributed by atoms with Gasteiger partial charge < -0.3 is 5.11 Å². The fraction of sp³-hybridized carbons (Fsp3) is 0.625. The zero-order chi connectivity index (χ0) is 11.8. The van der Waals surface area contributed by atoms with Gasteiger partial charge >= 0.3 is 0 Å². The summed E-state index contributed by atoms with van der Waals surface area (Å²) in [5.41, 5.74) is 2.48. The SMILES string of the molecule is CCc1cccc(C(O)C2C3CCCCC32)c1. The molecule has 3 atom stereocenters. The van der Waals surface area contributed by atoms with Crippen LogP contribution in [0.25, 0.3) is 0 Å². The van der Waals surface area contributed by atoms with Crippen LogP contribution < -0.4 is 0 Å². The minimum Gasteiger partial charge on any atom is -0.388 e. The van der Waals surface area contributed by atoms with Gasteiger partial charge in [0.05, 0.1) is 6.10 Å². The van der Waals surface area contributed by atoms with E-state index in [4.69, 9.17) is 0 Å². The standard InChI is InChI=1S/C16H22O/c1-2-11-6-5-7-12(10-11)16(17)15-13-8-3-4-9-14(13)15/h5-7,10,13-17H,2-4,8-9H2,1H3. The van der Waals surface area contributed by atoms with Crippen LogP contribution in [0.3, 0.4) is 0 Å². The maximum Gasteiger partial charge on any atom is 0.0823 e. The van der Waals surface area contributed by atoms with E-state index in [2.05, 4.69) is 31.2 Å². The first-order chi connectivity index (χ1) is 8.31.